The minimum absolute atomic E-state index is 0.00663. The number of carbonyl (C=O) groups is 1. The van der Waals surface area contributed by atoms with Crippen LogP contribution in [0, 0.1) is 17.7 Å². The fourth-order valence-electron chi connectivity index (χ4n) is 0.931. The van der Waals surface area contributed by atoms with Gasteiger partial charge in [0.05, 0.1) is 12.8 Å². The average molecular weight is 207 g/mol. The van der Waals surface area contributed by atoms with Crippen LogP contribution in [0.5, 0.6) is 0 Å². The summed E-state index contributed by atoms with van der Waals surface area (Å²) in [4.78, 5) is 10.7. The summed E-state index contributed by atoms with van der Waals surface area (Å²) in [6.45, 7) is 0. The van der Waals surface area contributed by atoms with Crippen LogP contribution in [0.25, 0.3) is 0 Å². The van der Waals surface area contributed by atoms with E-state index in [1.807, 2.05) is 0 Å². The Balaban J connectivity index is 2.76. The van der Waals surface area contributed by atoms with Crippen molar-refractivity contribution in [2.24, 2.45) is 0 Å². The second-order valence-electron chi connectivity index (χ2n) is 2.79. The summed E-state index contributed by atoms with van der Waals surface area (Å²) in [6, 6.07) is 3.91. The van der Waals surface area contributed by atoms with Crippen LogP contribution in [-0.4, -0.2) is 13.1 Å². The van der Waals surface area contributed by atoms with Crippen LogP contribution >= 0.6 is 0 Å². The van der Waals surface area contributed by atoms with E-state index < -0.39 is 11.8 Å². The van der Waals surface area contributed by atoms with E-state index in [0.29, 0.717) is 5.56 Å². The predicted molar refractivity (Wildman–Crippen MR) is 54.3 cm³/mol. The molecule has 3 nitrogen and oxygen atoms in total. The molecule has 0 bridgehead atoms. The van der Waals surface area contributed by atoms with Crippen LogP contribution in [0.3, 0.4) is 0 Å². The van der Waals surface area contributed by atoms with Crippen molar-refractivity contribution in [3.05, 3.63) is 29.6 Å². The van der Waals surface area contributed by atoms with Gasteiger partial charge in [0.1, 0.15) is 12.2 Å². The van der Waals surface area contributed by atoms with Gasteiger partial charge in [-0.05, 0) is 18.2 Å². The quantitative estimate of drug-likeness (QED) is 0.429. The number of methoxy groups -OCH3 is 1. The molecule has 1 rings (SSSR count). The predicted octanol–water partition coefficient (Wildman–Crippen LogP) is 1.32. The highest BCUT2D eigenvalue weighted by atomic mass is 19.1. The van der Waals surface area contributed by atoms with E-state index in [2.05, 4.69) is 16.6 Å². The molecule has 0 atom stereocenters. The van der Waals surface area contributed by atoms with E-state index in [0.717, 1.165) is 0 Å². The van der Waals surface area contributed by atoms with Gasteiger partial charge in [0, 0.05) is 5.56 Å². The zero-order chi connectivity index (χ0) is 11.3. The molecule has 0 unspecified atom stereocenters. The van der Waals surface area contributed by atoms with Crippen LogP contribution in [0.1, 0.15) is 12.0 Å². The second kappa shape index (κ2) is 5.01. The lowest BCUT2D eigenvalue weighted by Crippen LogP contribution is -1.97. The number of ether oxygens (including phenoxy) is 1. The first-order valence-electron chi connectivity index (χ1n) is 4.24. The second-order valence-corrected chi connectivity index (χ2v) is 2.79. The molecule has 0 radical (unpaired) electrons. The van der Waals surface area contributed by atoms with Crippen molar-refractivity contribution < 1.29 is 13.9 Å². The van der Waals surface area contributed by atoms with Crippen molar-refractivity contribution >= 4 is 11.7 Å². The van der Waals surface area contributed by atoms with E-state index in [-0.39, 0.29) is 12.1 Å². The van der Waals surface area contributed by atoms with Crippen molar-refractivity contribution in [3.63, 3.8) is 0 Å². The topological polar surface area (TPSA) is 52.3 Å². The third-order valence-electron chi connectivity index (χ3n) is 1.70. The Kier molecular flexibility index (Phi) is 3.69. The highest BCUT2D eigenvalue weighted by molar-refractivity contribution is 5.72. The molecule has 0 aliphatic rings. The summed E-state index contributed by atoms with van der Waals surface area (Å²) < 4.78 is 17.1. The molecule has 2 N–H and O–H groups in total. The van der Waals surface area contributed by atoms with Gasteiger partial charge in [-0.1, -0.05) is 11.8 Å². The van der Waals surface area contributed by atoms with E-state index in [9.17, 15) is 9.18 Å². The van der Waals surface area contributed by atoms with Crippen molar-refractivity contribution in [3.8, 4) is 11.8 Å². The van der Waals surface area contributed by atoms with Gasteiger partial charge in [-0.15, -0.1) is 0 Å². The van der Waals surface area contributed by atoms with Crippen LogP contribution < -0.4 is 5.73 Å². The molecule has 1 aromatic rings. The molecule has 0 aromatic heterocycles. The summed E-state index contributed by atoms with van der Waals surface area (Å²) in [5, 5.41) is 0. The molecule has 0 aliphatic heterocycles. The normalized spacial score (nSPS) is 8.93. The summed E-state index contributed by atoms with van der Waals surface area (Å²) in [6.07, 6.45) is -0.00663. The molecule has 0 spiro atoms. The number of carbonyl (C=O) groups excluding carboxylic acids is 1. The highest BCUT2D eigenvalue weighted by Crippen LogP contribution is 2.11. The van der Waals surface area contributed by atoms with Crippen molar-refractivity contribution in [1.29, 1.82) is 0 Å². The molecule has 0 aliphatic carbocycles. The van der Waals surface area contributed by atoms with Gasteiger partial charge in [-0.25, -0.2) is 4.39 Å². The van der Waals surface area contributed by atoms with Crippen LogP contribution in [0.4, 0.5) is 10.1 Å². The summed E-state index contributed by atoms with van der Waals surface area (Å²) >= 11 is 0. The van der Waals surface area contributed by atoms with E-state index in [1.165, 1.54) is 25.3 Å². The standard InChI is InChI=1S/C11H10FNO2/c1-15-11(14)4-2-3-8-5-6-9(12)7-10(8)13/h5-7H,4,13H2,1H3. The first-order chi connectivity index (χ1) is 7.13. The number of benzene rings is 1. The number of halogens is 1. The van der Waals surface area contributed by atoms with Gasteiger partial charge in [-0.2, -0.15) is 0 Å². The van der Waals surface area contributed by atoms with Crippen molar-refractivity contribution in [1.82, 2.24) is 0 Å². The molecule has 0 fully saturated rings. The van der Waals surface area contributed by atoms with Gasteiger partial charge in [-0.3, -0.25) is 4.79 Å². The molecule has 0 amide bonds. The summed E-state index contributed by atoms with van der Waals surface area (Å²) in [5.41, 5.74) is 6.27. The third kappa shape index (κ3) is 3.31. The average Bonchev–Trinajstić information content (AvgIpc) is 2.21. The molecule has 0 heterocycles. The first-order valence-corrected chi connectivity index (χ1v) is 4.24. The lowest BCUT2D eigenvalue weighted by molar-refractivity contribution is -0.139. The monoisotopic (exact) mass is 207 g/mol. The van der Waals surface area contributed by atoms with Crippen LogP contribution in [-0.2, 0) is 9.53 Å². The molecule has 78 valence electrons. The third-order valence-corrected chi connectivity index (χ3v) is 1.70. The molecule has 0 saturated carbocycles. The molecule has 0 saturated heterocycles. The number of nitrogen functional groups attached to an aromatic ring is 1. The Morgan fingerprint density at radius 1 is 1.60 bits per heavy atom. The Morgan fingerprint density at radius 3 is 2.93 bits per heavy atom. The van der Waals surface area contributed by atoms with Gasteiger partial charge < -0.3 is 10.5 Å². The van der Waals surface area contributed by atoms with E-state index in [1.54, 1.807) is 0 Å². The van der Waals surface area contributed by atoms with Gasteiger partial charge in [0.25, 0.3) is 0 Å². The van der Waals surface area contributed by atoms with Crippen LogP contribution in [0.2, 0.25) is 0 Å². The van der Waals surface area contributed by atoms with Gasteiger partial charge in [0.2, 0.25) is 0 Å². The maximum atomic E-state index is 12.7. The molecular formula is C11H10FNO2. The minimum atomic E-state index is -0.414. The lowest BCUT2D eigenvalue weighted by Gasteiger charge is -1.96. The van der Waals surface area contributed by atoms with Crippen molar-refractivity contribution in [2.45, 2.75) is 6.42 Å². The van der Waals surface area contributed by atoms with Gasteiger partial charge >= 0.3 is 5.97 Å². The lowest BCUT2D eigenvalue weighted by atomic mass is 10.2. The Morgan fingerprint density at radius 2 is 2.33 bits per heavy atom. The number of hydrogen-bond donors (Lipinski definition) is 1. The zero-order valence-corrected chi connectivity index (χ0v) is 8.21. The Bertz CT molecular complexity index is 432. The minimum Gasteiger partial charge on any atom is -0.468 e. The fourth-order valence-corrected chi connectivity index (χ4v) is 0.931. The molecule has 4 heteroatoms. The SMILES string of the molecule is COC(=O)CC#Cc1ccc(F)cc1N. The number of nitrogens with two attached hydrogens (primary N) is 1. The van der Waals surface area contributed by atoms with E-state index in [4.69, 9.17) is 5.73 Å². The zero-order valence-electron chi connectivity index (χ0n) is 8.21. The Hall–Kier alpha value is -2.02. The smallest absolute Gasteiger partial charge is 0.317 e. The first kappa shape index (κ1) is 11.1. The Labute approximate surface area is 87.0 Å². The number of anilines is 1. The maximum Gasteiger partial charge on any atom is 0.317 e. The maximum absolute atomic E-state index is 12.7. The largest absolute Gasteiger partial charge is 0.468 e. The van der Waals surface area contributed by atoms with E-state index >= 15 is 0 Å². The highest BCUT2D eigenvalue weighted by Gasteiger charge is 1.98. The number of hydrogen-bond acceptors (Lipinski definition) is 3. The summed E-state index contributed by atoms with van der Waals surface area (Å²) in [5.74, 6) is 4.42. The molecule has 1 aromatic carbocycles. The fraction of sp³-hybridized carbons (Fsp3) is 0.182. The number of rotatable bonds is 1. The summed E-state index contributed by atoms with van der Waals surface area (Å²) in [7, 11) is 1.29. The van der Waals surface area contributed by atoms with Gasteiger partial charge in [0.15, 0.2) is 0 Å². The number of esters is 1. The van der Waals surface area contributed by atoms with Crippen LogP contribution in [0.15, 0.2) is 18.2 Å². The molecular weight excluding hydrogens is 197 g/mol. The van der Waals surface area contributed by atoms with Crippen molar-refractivity contribution in [2.75, 3.05) is 12.8 Å². The molecule has 15 heavy (non-hydrogen) atoms.